The zero-order chi connectivity index (χ0) is 15.6. The molecule has 1 heterocycles. The maximum Gasteiger partial charge on any atom is 0.265 e. The highest BCUT2D eigenvalue weighted by Crippen LogP contribution is 2.24. The molecule has 6 heteroatoms. The number of sulfone groups is 1. The molecule has 0 radical (unpaired) electrons. The van der Waals surface area contributed by atoms with Crippen molar-refractivity contribution in [3.8, 4) is 0 Å². The first-order valence-electron chi connectivity index (χ1n) is 6.52. The minimum absolute atomic E-state index is 0.192. The minimum atomic E-state index is -3.28. The average Bonchev–Trinajstić information content (AvgIpc) is 2.79. The molecule has 0 spiro atoms. The van der Waals surface area contributed by atoms with Crippen molar-refractivity contribution in [3.63, 3.8) is 0 Å². The fraction of sp³-hybridized carbons (Fsp3) is 0.267. The number of carbonyl (C=O) groups is 1. The largest absolute Gasteiger partial charge is 0.321 e. The third-order valence-electron chi connectivity index (χ3n) is 3.09. The van der Waals surface area contributed by atoms with Crippen LogP contribution < -0.4 is 5.32 Å². The number of hydrogen-bond donors (Lipinski definition) is 1. The molecule has 0 aliphatic heterocycles. The number of amides is 1. The Labute approximate surface area is 128 Å². The molecule has 2 aromatic rings. The SMILES string of the molecule is CCc1sc(C(=O)Nc2cccc(S(C)(=O)=O)c2)cc1C. The standard InChI is InChI=1S/C15H17NO3S2/c1-4-13-10(2)8-14(20-13)15(17)16-11-6-5-7-12(9-11)21(3,18)19/h5-9H,4H2,1-3H3,(H,16,17). The summed E-state index contributed by atoms with van der Waals surface area (Å²) in [6, 6.07) is 8.13. The first-order valence-corrected chi connectivity index (χ1v) is 9.23. The maximum atomic E-state index is 12.2. The van der Waals surface area contributed by atoms with E-state index in [0.717, 1.165) is 18.2 Å². The number of anilines is 1. The second kappa shape index (κ2) is 5.99. The number of rotatable bonds is 4. The lowest BCUT2D eigenvalue weighted by molar-refractivity contribution is 0.103. The Morgan fingerprint density at radius 1 is 1.29 bits per heavy atom. The quantitative estimate of drug-likeness (QED) is 0.939. The molecular formula is C15H17NO3S2. The van der Waals surface area contributed by atoms with Gasteiger partial charge in [-0.2, -0.15) is 0 Å². The number of aryl methyl sites for hydroxylation is 2. The maximum absolute atomic E-state index is 12.2. The molecule has 0 unspecified atom stereocenters. The Bertz CT molecular complexity index is 776. The second-order valence-corrected chi connectivity index (χ2v) is 7.98. The van der Waals surface area contributed by atoms with E-state index < -0.39 is 9.84 Å². The van der Waals surface area contributed by atoms with Gasteiger partial charge in [0.1, 0.15) is 0 Å². The Morgan fingerprint density at radius 3 is 2.57 bits per heavy atom. The van der Waals surface area contributed by atoms with E-state index in [9.17, 15) is 13.2 Å². The molecule has 0 atom stereocenters. The van der Waals surface area contributed by atoms with Crippen LogP contribution in [0.25, 0.3) is 0 Å². The Kier molecular flexibility index (Phi) is 4.49. The molecule has 21 heavy (non-hydrogen) atoms. The van der Waals surface area contributed by atoms with E-state index in [1.54, 1.807) is 12.1 Å². The van der Waals surface area contributed by atoms with Crippen molar-refractivity contribution >= 4 is 32.8 Å². The predicted octanol–water partition coefficient (Wildman–Crippen LogP) is 3.27. The summed E-state index contributed by atoms with van der Waals surface area (Å²) in [6.07, 6.45) is 2.04. The Morgan fingerprint density at radius 2 is 2.00 bits per heavy atom. The van der Waals surface area contributed by atoms with Crippen LogP contribution in [0.5, 0.6) is 0 Å². The van der Waals surface area contributed by atoms with E-state index in [0.29, 0.717) is 10.6 Å². The molecule has 1 N–H and O–H groups in total. The second-order valence-electron chi connectivity index (χ2n) is 4.82. The van der Waals surface area contributed by atoms with E-state index >= 15 is 0 Å². The van der Waals surface area contributed by atoms with Crippen LogP contribution in [0.3, 0.4) is 0 Å². The van der Waals surface area contributed by atoms with Gasteiger partial charge < -0.3 is 5.32 Å². The van der Waals surface area contributed by atoms with Gasteiger partial charge >= 0.3 is 0 Å². The minimum Gasteiger partial charge on any atom is -0.321 e. The molecule has 112 valence electrons. The normalized spacial score (nSPS) is 11.4. The number of nitrogens with one attached hydrogen (secondary N) is 1. The highest BCUT2D eigenvalue weighted by Gasteiger charge is 2.13. The molecule has 0 bridgehead atoms. The van der Waals surface area contributed by atoms with Gasteiger partial charge in [0.15, 0.2) is 9.84 Å². The summed E-state index contributed by atoms with van der Waals surface area (Å²) < 4.78 is 23.0. The first-order chi connectivity index (χ1) is 9.81. The van der Waals surface area contributed by atoms with E-state index in [1.807, 2.05) is 13.0 Å². The van der Waals surface area contributed by atoms with E-state index in [1.165, 1.54) is 28.3 Å². The Balaban J connectivity index is 2.23. The van der Waals surface area contributed by atoms with Crippen molar-refractivity contribution in [2.45, 2.75) is 25.2 Å². The summed E-state index contributed by atoms with van der Waals surface area (Å²) >= 11 is 1.47. The summed E-state index contributed by atoms with van der Waals surface area (Å²) in [5.74, 6) is -0.214. The highest BCUT2D eigenvalue weighted by atomic mass is 32.2. The fourth-order valence-corrected chi connectivity index (χ4v) is 3.66. The molecule has 2 rings (SSSR count). The monoisotopic (exact) mass is 323 g/mol. The van der Waals surface area contributed by atoms with Gasteiger partial charge in [-0.15, -0.1) is 11.3 Å². The van der Waals surface area contributed by atoms with Crippen molar-refractivity contribution in [1.29, 1.82) is 0 Å². The lowest BCUT2D eigenvalue weighted by Gasteiger charge is -2.05. The predicted molar refractivity (Wildman–Crippen MR) is 85.9 cm³/mol. The van der Waals surface area contributed by atoms with Crippen molar-refractivity contribution in [2.24, 2.45) is 0 Å². The van der Waals surface area contributed by atoms with E-state index in [4.69, 9.17) is 0 Å². The third-order valence-corrected chi connectivity index (χ3v) is 5.58. The van der Waals surface area contributed by atoms with Gasteiger partial charge in [-0.25, -0.2) is 8.42 Å². The van der Waals surface area contributed by atoms with E-state index in [-0.39, 0.29) is 10.8 Å². The van der Waals surface area contributed by atoms with Gasteiger partial charge in [-0.05, 0) is 43.2 Å². The molecule has 0 aliphatic rings. The number of thiophene rings is 1. The van der Waals surface area contributed by atoms with E-state index in [2.05, 4.69) is 12.2 Å². The number of benzene rings is 1. The molecule has 1 aromatic heterocycles. The van der Waals surface area contributed by atoms with Crippen LogP contribution in [-0.4, -0.2) is 20.6 Å². The molecule has 0 saturated carbocycles. The van der Waals surface area contributed by atoms with Crippen LogP contribution in [0.15, 0.2) is 35.2 Å². The summed E-state index contributed by atoms with van der Waals surface area (Å²) in [7, 11) is -3.28. The summed E-state index contributed by atoms with van der Waals surface area (Å²) in [5.41, 5.74) is 1.59. The zero-order valence-electron chi connectivity index (χ0n) is 12.1. The molecule has 0 aliphatic carbocycles. The van der Waals surface area contributed by atoms with Crippen molar-refractivity contribution in [2.75, 3.05) is 11.6 Å². The van der Waals surface area contributed by atoms with Crippen LogP contribution in [0.1, 0.15) is 27.0 Å². The van der Waals surface area contributed by atoms with Gasteiger partial charge in [0.05, 0.1) is 9.77 Å². The smallest absolute Gasteiger partial charge is 0.265 e. The van der Waals surface area contributed by atoms with Crippen LogP contribution in [-0.2, 0) is 16.3 Å². The van der Waals surface area contributed by atoms with Crippen molar-refractivity contribution in [3.05, 3.63) is 45.6 Å². The van der Waals surface area contributed by atoms with Crippen molar-refractivity contribution < 1.29 is 13.2 Å². The lowest BCUT2D eigenvalue weighted by atomic mass is 10.2. The molecular weight excluding hydrogens is 306 g/mol. The zero-order valence-corrected chi connectivity index (χ0v) is 13.8. The van der Waals surface area contributed by atoms with Crippen LogP contribution in [0, 0.1) is 6.92 Å². The first kappa shape index (κ1) is 15.7. The molecule has 0 saturated heterocycles. The average molecular weight is 323 g/mol. The van der Waals surface area contributed by atoms with Gasteiger partial charge in [-0.1, -0.05) is 13.0 Å². The van der Waals surface area contributed by atoms with Crippen molar-refractivity contribution in [1.82, 2.24) is 0 Å². The molecule has 1 aromatic carbocycles. The number of carbonyl (C=O) groups excluding carboxylic acids is 1. The van der Waals surface area contributed by atoms with Crippen LogP contribution in [0.4, 0.5) is 5.69 Å². The summed E-state index contributed by atoms with van der Waals surface area (Å²) in [5, 5.41) is 2.74. The van der Waals surface area contributed by atoms with Crippen LogP contribution >= 0.6 is 11.3 Å². The third kappa shape index (κ3) is 3.71. The Hall–Kier alpha value is -1.66. The van der Waals surface area contributed by atoms with Gasteiger partial charge in [0.25, 0.3) is 5.91 Å². The lowest BCUT2D eigenvalue weighted by Crippen LogP contribution is -2.10. The summed E-state index contributed by atoms with van der Waals surface area (Å²) in [6.45, 7) is 4.03. The topological polar surface area (TPSA) is 63.2 Å². The van der Waals surface area contributed by atoms with Gasteiger partial charge in [0, 0.05) is 16.8 Å². The fourth-order valence-electron chi connectivity index (χ4n) is 1.98. The number of hydrogen-bond acceptors (Lipinski definition) is 4. The molecule has 1 amide bonds. The summed E-state index contributed by atoms with van der Waals surface area (Å²) in [4.78, 5) is 14.2. The molecule has 0 fully saturated rings. The van der Waals surface area contributed by atoms with Gasteiger partial charge in [-0.3, -0.25) is 4.79 Å². The molecule has 4 nitrogen and oxygen atoms in total. The van der Waals surface area contributed by atoms with Crippen LogP contribution in [0.2, 0.25) is 0 Å². The van der Waals surface area contributed by atoms with Gasteiger partial charge in [0.2, 0.25) is 0 Å². The highest BCUT2D eigenvalue weighted by molar-refractivity contribution is 7.90.